The van der Waals surface area contributed by atoms with Crippen molar-refractivity contribution >= 4 is 22.6 Å². The molecule has 1 N–H and O–H groups in total. The van der Waals surface area contributed by atoms with Crippen LogP contribution in [-0.2, 0) is 6.54 Å². The fourth-order valence-electron chi connectivity index (χ4n) is 4.38. The van der Waals surface area contributed by atoms with Crippen LogP contribution in [0.5, 0.6) is 0 Å². The first-order valence-corrected chi connectivity index (χ1v) is 12.1. The number of rotatable bonds is 7. The molecular formula is C27H20F5N5O. The van der Waals surface area contributed by atoms with Gasteiger partial charge in [0.1, 0.15) is 17.7 Å². The van der Waals surface area contributed by atoms with Crippen molar-refractivity contribution in [2.75, 3.05) is 5.32 Å². The highest BCUT2D eigenvalue weighted by Gasteiger charge is 2.38. The van der Waals surface area contributed by atoms with Gasteiger partial charge in [-0.1, -0.05) is 6.07 Å². The monoisotopic (exact) mass is 525 g/mol. The van der Waals surface area contributed by atoms with Gasteiger partial charge in [0.25, 0.3) is 5.91 Å². The van der Waals surface area contributed by atoms with E-state index in [9.17, 15) is 26.7 Å². The Kier molecular flexibility index (Phi) is 5.93. The maximum absolute atomic E-state index is 14.4. The smallest absolute Gasteiger partial charge is 0.260 e. The molecule has 38 heavy (non-hydrogen) atoms. The summed E-state index contributed by atoms with van der Waals surface area (Å²) in [5.41, 5.74) is 1.30. The first-order valence-electron chi connectivity index (χ1n) is 12.1. The topological polar surface area (TPSA) is 71.0 Å². The standard InChI is InChI=1S/C27H20F5N5O/c28-21-20(22(29)24(31)25(32)23(21)30)27(38)37(17-4-5-17)11-16-9-14(7-8-33-16)13-1-6-19-18(10-13)26(35-12-34-19)36-15-2-3-15/h1,6-10,12,15,17H,2-5,11H2,(H,34,35,36). The number of benzene rings is 2. The Morgan fingerprint density at radius 2 is 1.53 bits per heavy atom. The summed E-state index contributed by atoms with van der Waals surface area (Å²) in [6.45, 7) is -0.165. The lowest BCUT2D eigenvalue weighted by atomic mass is 10.0. The minimum absolute atomic E-state index is 0.165. The van der Waals surface area contributed by atoms with Gasteiger partial charge >= 0.3 is 0 Å². The predicted molar refractivity (Wildman–Crippen MR) is 129 cm³/mol. The van der Waals surface area contributed by atoms with Crippen LogP contribution in [0, 0.1) is 29.1 Å². The van der Waals surface area contributed by atoms with E-state index in [4.69, 9.17) is 0 Å². The molecule has 6 rings (SSSR count). The number of halogens is 5. The average molecular weight is 525 g/mol. The number of carbonyl (C=O) groups excluding carboxylic acids is 1. The van der Waals surface area contributed by atoms with E-state index in [1.165, 1.54) is 12.5 Å². The summed E-state index contributed by atoms with van der Waals surface area (Å²) in [6.07, 6.45) is 6.30. The number of anilines is 1. The molecule has 2 aliphatic carbocycles. The average Bonchev–Trinajstić information content (AvgIpc) is 3.85. The first kappa shape index (κ1) is 24.2. The molecule has 2 aromatic heterocycles. The number of nitrogens with one attached hydrogen (secondary N) is 1. The number of pyridine rings is 1. The molecule has 0 aliphatic heterocycles. The molecule has 1 amide bonds. The van der Waals surface area contributed by atoms with Crippen LogP contribution in [0.15, 0.2) is 42.9 Å². The second-order valence-corrected chi connectivity index (χ2v) is 9.52. The molecule has 0 atom stereocenters. The Bertz CT molecular complexity index is 1560. The molecule has 0 bridgehead atoms. The second-order valence-electron chi connectivity index (χ2n) is 9.52. The van der Waals surface area contributed by atoms with Gasteiger partial charge in [0.05, 0.1) is 17.8 Å². The summed E-state index contributed by atoms with van der Waals surface area (Å²) in [6, 6.07) is 9.19. The van der Waals surface area contributed by atoms with Crippen LogP contribution in [0.1, 0.15) is 41.7 Å². The van der Waals surface area contributed by atoms with Crippen LogP contribution < -0.4 is 5.32 Å². The Morgan fingerprint density at radius 3 is 2.21 bits per heavy atom. The maximum atomic E-state index is 14.4. The van der Waals surface area contributed by atoms with Crippen LogP contribution in [0.25, 0.3) is 22.0 Å². The number of carbonyl (C=O) groups is 1. The molecular weight excluding hydrogens is 505 g/mol. The van der Waals surface area contributed by atoms with Gasteiger partial charge in [-0.05, 0) is 61.1 Å². The molecule has 2 aliphatic rings. The van der Waals surface area contributed by atoms with Gasteiger partial charge in [-0.15, -0.1) is 0 Å². The molecule has 2 fully saturated rings. The van der Waals surface area contributed by atoms with Crippen molar-refractivity contribution in [1.29, 1.82) is 0 Å². The van der Waals surface area contributed by atoms with Crippen molar-refractivity contribution < 1.29 is 26.7 Å². The van der Waals surface area contributed by atoms with Gasteiger partial charge in [0.2, 0.25) is 5.82 Å². The van der Waals surface area contributed by atoms with E-state index in [-0.39, 0.29) is 6.54 Å². The SMILES string of the molecule is O=C(c1c(F)c(F)c(F)c(F)c1F)N(Cc1cc(-c2ccc3ncnc(NC4CC4)c3c2)ccn1)C1CC1. The molecule has 0 spiro atoms. The summed E-state index contributed by atoms with van der Waals surface area (Å²) in [5, 5.41) is 4.24. The fourth-order valence-corrected chi connectivity index (χ4v) is 4.38. The van der Waals surface area contributed by atoms with Crippen LogP contribution in [0.3, 0.4) is 0 Å². The lowest BCUT2D eigenvalue weighted by Crippen LogP contribution is -2.35. The zero-order valence-corrected chi connectivity index (χ0v) is 19.8. The normalized spacial score (nSPS) is 15.1. The highest BCUT2D eigenvalue weighted by Crippen LogP contribution is 2.34. The Morgan fingerprint density at radius 1 is 0.842 bits per heavy atom. The van der Waals surface area contributed by atoms with Crippen molar-refractivity contribution in [2.24, 2.45) is 0 Å². The minimum atomic E-state index is -2.31. The number of hydrogen-bond donors (Lipinski definition) is 1. The van der Waals surface area contributed by atoms with Gasteiger partial charge in [-0.25, -0.2) is 31.9 Å². The largest absolute Gasteiger partial charge is 0.367 e. The number of amides is 1. The lowest BCUT2D eigenvalue weighted by molar-refractivity contribution is 0.0714. The molecule has 0 unspecified atom stereocenters. The van der Waals surface area contributed by atoms with E-state index in [1.807, 2.05) is 18.2 Å². The van der Waals surface area contributed by atoms with Gasteiger partial charge in [0, 0.05) is 23.7 Å². The summed E-state index contributed by atoms with van der Waals surface area (Å²) in [7, 11) is 0. The van der Waals surface area contributed by atoms with E-state index in [0.717, 1.165) is 45.6 Å². The fraction of sp³-hybridized carbons (Fsp3) is 0.259. The van der Waals surface area contributed by atoms with E-state index in [0.29, 0.717) is 24.6 Å². The van der Waals surface area contributed by atoms with Crippen LogP contribution >= 0.6 is 0 Å². The highest BCUT2D eigenvalue weighted by molar-refractivity contribution is 5.95. The van der Waals surface area contributed by atoms with E-state index >= 15 is 0 Å². The van der Waals surface area contributed by atoms with Crippen molar-refractivity contribution in [1.82, 2.24) is 19.9 Å². The predicted octanol–water partition coefficient (Wildman–Crippen LogP) is 5.77. The van der Waals surface area contributed by atoms with E-state index in [1.54, 1.807) is 12.1 Å². The summed E-state index contributed by atoms with van der Waals surface area (Å²) in [5.74, 6) is -11.4. The molecule has 2 saturated carbocycles. The zero-order valence-electron chi connectivity index (χ0n) is 19.8. The minimum Gasteiger partial charge on any atom is -0.367 e. The second kappa shape index (κ2) is 9.30. The molecule has 194 valence electrons. The first-order chi connectivity index (χ1) is 18.3. The molecule has 2 aromatic carbocycles. The van der Waals surface area contributed by atoms with E-state index < -0.39 is 46.6 Å². The van der Waals surface area contributed by atoms with Gasteiger partial charge in [-0.2, -0.15) is 0 Å². The van der Waals surface area contributed by atoms with Crippen molar-refractivity contribution in [3.05, 3.63) is 83.2 Å². The molecule has 6 nitrogen and oxygen atoms in total. The van der Waals surface area contributed by atoms with E-state index in [2.05, 4.69) is 20.3 Å². The number of nitrogens with zero attached hydrogens (tertiary/aromatic N) is 4. The van der Waals surface area contributed by atoms with Gasteiger partial charge in [-0.3, -0.25) is 9.78 Å². The summed E-state index contributed by atoms with van der Waals surface area (Å²) < 4.78 is 69.8. The Labute approximate surface area is 213 Å². The third kappa shape index (κ3) is 4.42. The zero-order chi connectivity index (χ0) is 26.6. The van der Waals surface area contributed by atoms with Crippen LogP contribution in [0.2, 0.25) is 0 Å². The van der Waals surface area contributed by atoms with Crippen molar-refractivity contribution in [3.63, 3.8) is 0 Å². The Hall–Kier alpha value is -4.15. The number of aromatic nitrogens is 3. The molecule has 0 saturated heterocycles. The summed E-state index contributed by atoms with van der Waals surface area (Å²) in [4.78, 5) is 27.1. The van der Waals surface area contributed by atoms with Crippen molar-refractivity contribution in [2.45, 2.75) is 44.3 Å². The third-order valence-corrected chi connectivity index (χ3v) is 6.71. The lowest BCUT2D eigenvalue weighted by Gasteiger charge is -2.23. The molecule has 11 heteroatoms. The Balaban J connectivity index is 1.32. The maximum Gasteiger partial charge on any atom is 0.260 e. The van der Waals surface area contributed by atoms with Crippen LogP contribution in [0.4, 0.5) is 27.8 Å². The quantitative estimate of drug-likeness (QED) is 0.189. The number of hydrogen-bond acceptors (Lipinski definition) is 5. The molecule has 2 heterocycles. The van der Waals surface area contributed by atoms with Gasteiger partial charge in [0.15, 0.2) is 23.3 Å². The van der Waals surface area contributed by atoms with Crippen LogP contribution in [-0.4, -0.2) is 37.8 Å². The molecule has 0 radical (unpaired) electrons. The summed E-state index contributed by atoms with van der Waals surface area (Å²) >= 11 is 0. The third-order valence-electron chi connectivity index (χ3n) is 6.71. The molecule has 4 aromatic rings. The number of fused-ring (bicyclic) bond motifs is 1. The van der Waals surface area contributed by atoms with Gasteiger partial charge < -0.3 is 10.2 Å². The highest BCUT2D eigenvalue weighted by atomic mass is 19.2. The van der Waals surface area contributed by atoms with Crippen molar-refractivity contribution in [3.8, 4) is 11.1 Å².